The second kappa shape index (κ2) is 19.8. The fourth-order valence-corrected chi connectivity index (χ4v) is 14.7. The molecule has 0 saturated carbocycles. The minimum Gasteiger partial charge on any atom is -0.488 e. The van der Waals surface area contributed by atoms with Crippen molar-refractivity contribution >= 4 is 18.7 Å². The largest absolute Gasteiger partial charge is 0.488 e. The minimum absolute atomic E-state index is 0.00672. The molecule has 10 nitrogen and oxygen atoms in total. The van der Waals surface area contributed by atoms with E-state index in [1.807, 2.05) is 27.7 Å². The van der Waals surface area contributed by atoms with Crippen LogP contribution >= 0.6 is 0 Å². The Labute approximate surface area is 354 Å². The zero-order chi connectivity index (χ0) is 42.3. The van der Waals surface area contributed by atoms with Crippen LogP contribution in [0.4, 0.5) is 0 Å². The third-order valence-electron chi connectivity index (χ3n) is 12.7. The van der Waals surface area contributed by atoms with Gasteiger partial charge in [0.15, 0.2) is 11.5 Å². The number of nitrogens with zero attached hydrogens (tertiary/aromatic N) is 4. The molecule has 2 fully saturated rings. The molecule has 4 heterocycles. The van der Waals surface area contributed by atoms with Gasteiger partial charge in [-0.2, -0.15) is 0 Å². The number of hydrogen-bond donors (Lipinski definition) is 3. The molecule has 3 N–H and O–H groups in total. The van der Waals surface area contributed by atoms with Gasteiger partial charge < -0.3 is 29.6 Å². The highest BCUT2D eigenvalue weighted by atomic mass is 28.4. The topological polar surface area (TPSA) is 124 Å². The zero-order valence-corrected chi connectivity index (χ0v) is 38.1. The minimum atomic E-state index is -3.14. The first kappa shape index (κ1) is 44.8. The fourth-order valence-electron chi connectivity index (χ4n) is 9.87. The highest BCUT2D eigenvalue weighted by molar-refractivity contribution is 6.99. The molecule has 11 heteroatoms. The van der Waals surface area contributed by atoms with Crippen LogP contribution in [0.1, 0.15) is 125 Å². The Morgan fingerprint density at radius 2 is 1.08 bits per heavy atom. The zero-order valence-electron chi connectivity index (χ0n) is 37.1. The van der Waals surface area contributed by atoms with Crippen LogP contribution in [0.2, 0.25) is 5.04 Å². The number of aliphatic hydroxyl groups is 1. The highest BCUT2D eigenvalue weighted by Crippen LogP contribution is 2.45. The predicted molar refractivity (Wildman–Crippen MR) is 239 cm³/mol. The van der Waals surface area contributed by atoms with Crippen molar-refractivity contribution in [2.24, 2.45) is 23.7 Å². The summed E-state index contributed by atoms with van der Waals surface area (Å²) in [5.74, 6) is 4.41. The van der Waals surface area contributed by atoms with E-state index in [-0.39, 0.29) is 42.3 Å². The number of aliphatic hydroxyl groups excluding tert-OH is 1. The van der Waals surface area contributed by atoms with Crippen molar-refractivity contribution < 1.29 is 19.0 Å². The van der Waals surface area contributed by atoms with Gasteiger partial charge in [-0.1, -0.05) is 102 Å². The summed E-state index contributed by atoms with van der Waals surface area (Å²) in [5, 5.41) is 22.5. The van der Waals surface area contributed by atoms with Crippen LogP contribution < -0.4 is 30.5 Å². The lowest BCUT2D eigenvalue weighted by Gasteiger charge is -2.49. The molecule has 59 heavy (non-hydrogen) atoms. The van der Waals surface area contributed by atoms with Crippen molar-refractivity contribution in [2.45, 2.75) is 149 Å². The molecule has 2 saturated heterocycles. The van der Waals surface area contributed by atoms with Crippen molar-refractivity contribution in [3.8, 4) is 11.5 Å². The van der Waals surface area contributed by atoms with Gasteiger partial charge in [-0.25, -0.2) is 19.9 Å². The third kappa shape index (κ3) is 10.6. The lowest BCUT2D eigenvalue weighted by molar-refractivity contribution is 0.0348. The Kier molecular flexibility index (Phi) is 15.0. The van der Waals surface area contributed by atoms with Crippen LogP contribution in [0.15, 0.2) is 85.5 Å². The van der Waals surface area contributed by atoms with Crippen LogP contribution in [0.5, 0.6) is 11.5 Å². The maximum atomic E-state index is 12.7. The lowest BCUT2D eigenvalue weighted by Crippen LogP contribution is -2.69. The number of piperidine rings is 2. The highest BCUT2D eigenvalue weighted by Gasteiger charge is 2.55. The van der Waals surface area contributed by atoms with E-state index in [0.29, 0.717) is 42.3 Å². The number of rotatable bonds is 17. The second-order valence-electron chi connectivity index (χ2n) is 18.8. The molecule has 0 bridgehead atoms. The maximum absolute atomic E-state index is 12.7. The number of benzene rings is 2. The van der Waals surface area contributed by atoms with E-state index >= 15 is 0 Å². The van der Waals surface area contributed by atoms with Crippen LogP contribution in [-0.2, 0) is 4.43 Å². The molecule has 7 unspecified atom stereocenters. The Hall–Kier alpha value is -3.74. The average Bonchev–Trinajstić information content (AvgIpc) is 3.21. The number of nitrogens with one attached hydrogen (secondary N) is 2. The van der Waals surface area contributed by atoms with Gasteiger partial charge in [0, 0.05) is 12.1 Å². The van der Waals surface area contributed by atoms with Crippen molar-refractivity contribution in [1.82, 2.24) is 30.6 Å². The summed E-state index contributed by atoms with van der Waals surface area (Å²) in [6.07, 6.45) is 11.0. The maximum Gasteiger partial charge on any atom is 0.261 e. The standard InChI is InChI=1S/C48H70N6O4Si/c1-31(2)39-21-23-41(46-49-26-35(27-50-46)57-33(5)6)53-43(39)30-56-59(37-17-13-11-14-18-37,38-19-15-12-16-20-38)48(9,10)25-44(55)45-40(32(3)4)22-24-42(54-45)47-51-28-36(29-52-47)58-34(7)8/h11-20,26-29,31-34,39-45,53-55H,21-25,30H2,1-10H3. The molecule has 2 aromatic carbocycles. The molecule has 320 valence electrons. The summed E-state index contributed by atoms with van der Waals surface area (Å²) in [7, 11) is -3.14. The van der Waals surface area contributed by atoms with Crippen LogP contribution in [-0.4, -0.2) is 70.4 Å². The Bertz CT molecular complexity index is 1820. The van der Waals surface area contributed by atoms with Crippen LogP contribution in [0.3, 0.4) is 0 Å². The molecule has 4 aromatic rings. The Morgan fingerprint density at radius 1 is 0.644 bits per heavy atom. The third-order valence-corrected chi connectivity index (χ3v) is 17.7. The van der Waals surface area contributed by atoms with Crippen molar-refractivity contribution in [1.29, 1.82) is 0 Å². The van der Waals surface area contributed by atoms with Crippen LogP contribution in [0, 0.1) is 23.7 Å². The van der Waals surface area contributed by atoms with Crippen molar-refractivity contribution in [3.05, 3.63) is 97.1 Å². The molecule has 2 aliphatic heterocycles. The van der Waals surface area contributed by atoms with E-state index in [0.717, 1.165) is 37.3 Å². The monoisotopic (exact) mass is 823 g/mol. The first-order valence-corrected chi connectivity index (χ1v) is 24.0. The van der Waals surface area contributed by atoms with Gasteiger partial charge in [-0.3, -0.25) is 0 Å². The molecule has 2 aliphatic rings. The summed E-state index contributed by atoms with van der Waals surface area (Å²) in [5.41, 5.74) is 0. The van der Waals surface area contributed by atoms with Gasteiger partial charge in [-0.15, -0.1) is 0 Å². The van der Waals surface area contributed by atoms with E-state index in [9.17, 15) is 5.11 Å². The van der Waals surface area contributed by atoms with E-state index < -0.39 is 19.5 Å². The summed E-state index contributed by atoms with van der Waals surface area (Å²) < 4.78 is 19.5. The van der Waals surface area contributed by atoms with Gasteiger partial charge in [0.1, 0.15) is 11.6 Å². The molecule has 0 spiro atoms. The van der Waals surface area contributed by atoms with Crippen molar-refractivity contribution in [2.75, 3.05) is 6.61 Å². The lowest BCUT2D eigenvalue weighted by atomic mass is 9.76. The van der Waals surface area contributed by atoms with E-state index in [4.69, 9.17) is 33.8 Å². The van der Waals surface area contributed by atoms with E-state index in [1.54, 1.807) is 24.8 Å². The number of hydrogen-bond acceptors (Lipinski definition) is 10. The number of aromatic nitrogens is 4. The molecule has 0 aliphatic carbocycles. The summed E-state index contributed by atoms with van der Waals surface area (Å²) in [6, 6.07) is 21.5. The fraction of sp³-hybridized carbons (Fsp3) is 0.583. The van der Waals surface area contributed by atoms with Gasteiger partial charge >= 0.3 is 0 Å². The quantitative estimate of drug-likeness (QED) is 0.0904. The number of ether oxygens (including phenoxy) is 2. The molecule has 7 atom stereocenters. The van der Waals surface area contributed by atoms with Gasteiger partial charge in [-0.05, 0) is 98.9 Å². The summed E-state index contributed by atoms with van der Waals surface area (Å²) in [6.45, 7) is 22.4. The molecule has 0 amide bonds. The Balaban J connectivity index is 1.32. The first-order valence-electron chi connectivity index (χ1n) is 22.1. The Morgan fingerprint density at radius 3 is 1.53 bits per heavy atom. The molecular formula is C48H70N6O4Si. The molecule has 0 radical (unpaired) electrons. The molecular weight excluding hydrogens is 753 g/mol. The second-order valence-corrected chi connectivity index (χ2v) is 23.0. The summed E-state index contributed by atoms with van der Waals surface area (Å²) in [4.78, 5) is 19.0. The normalized spacial score (nSPS) is 23.5. The van der Waals surface area contributed by atoms with Crippen LogP contribution in [0.25, 0.3) is 0 Å². The average molecular weight is 823 g/mol. The van der Waals surface area contributed by atoms with Crippen molar-refractivity contribution in [3.63, 3.8) is 0 Å². The van der Waals surface area contributed by atoms with E-state index in [1.165, 1.54) is 10.4 Å². The summed E-state index contributed by atoms with van der Waals surface area (Å²) >= 11 is 0. The van der Waals surface area contributed by atoms with Gasteiger partial charge in [0.25, 0.3) is 8.32 Å². The molecule has 6 rings (SSSR count). The first-order chi connectivity index (χ1) is 28.2. The predicted octanol–water partition coefficient (Wildman–Crippen LogP) is 7.98. The molecule has 2 aromatic heterocycles. The van der Waals surface area contributed by atoms with E-state index in [2.05, 4.69) is 113 Å². The SMILES string of the molecule is CC(C)Oc1cnc(C2CCC(C(C)C)C(CO[Si](c3ccccc3)(c3ccccc3)C(C)(C)CC(O)C3NC(c4ncc(OC(C)C)cn4)CCC3C(C)C)N2)nc1. The smallest absolute Gasteiger partial charge is 0.261 e. The van der Waals surface area contributed by atoms with Gasteiger partial charge in [0.05, 0.1) is 61.8 Å². The van der Waals surface area contributed by atoms with Gasteiger partial charge in [0.2, 0.25) is 0 Å².